The fourth-order valence-corrected chi connectivity index (χ4v) is 4.74. The monoisotopic (exact) mass is 327 g/mol. The first-order chi connectivity index (χ1) is 11.7. The van der Waals surface area contributed by atoms with Crippen LogP contribution in [0.3, 0.4) is 0 Å². The molecule has 1 aromatic carbocycles. The van der Waals surface area contributed by atoms with E-state index in [0.29, 0.717) is 37.7 Å². The lowest BCUT2D eigenvalue weighted by Gasteiger charge is -2.49. The molecule has 3 fully saturated rings. The number of hydrogen-bond acceptors (Lipinski definition) is 3. The quantitative estimate of drug-likeness (QED) is 0.905. The van der Waals surface area contributed by atoms with Crippen LogP contribution in [0.15, 0.2) is 30.3 Å². The number of ketones is 1. The summed E-state index contributed by atoms with van der Waals surface area (Å²) in [5.74, 6) is 1.31. The average Bonchev–Trinajstić information content (AvgIpc) is 3.21. The summed E-state index contributed by atoms with van der Waals surface area (Å²) in [6.07, 6.45) is 5.43. The van der Waals surface area contributed by atoms with Crippen LogP contribution in [0.2, 0.25) is 0 Å². The van der Waals surface area contributed by atoms with Gasteiger partial charge in [-0.3, -0.25) is 9.59 Å². The molecule has 3 saturated carbocycles. The Morgan fingerprint density at radius 1 is 1.12 bits per heavy atom. The molecule has 1 N–H and O–H groups in total. The molecule has 4 nitrogen and oxygen atoms in total. The highest BCUT2D eigenvalue weighted by Crippen LogP contribution is 2.49. The molecule has 3 aliphatic rings. The molecule has 5 atom stereocenters. The minimum atomic E-state index is -0.118. The number of rotatable bonds is 5. The van der Waals surface area contributed by atoms with E-state index in [-0.39, 0.29) is 29.8 Å². The van der Waals surface area contributed by atoms with Gasteiger partial charge in [-0.15, -0.1) is 0 Å². The van der Waals surface area contributed by atoms with Gasteiger partial charge in [0.25, 0.3) is 0 Å². The van der Waals surface area contributed by atoms with Crippen molar-refractivity contribution >= 4 is 11.7 Å². The molecule has 24 heavy (non-hydrogen) atoms. The zero-order chi connectivity index (χ0) is 16.5. The molecule has 0 spiro atoms. The molecule has 4 heteroatoms. The number of nitrogens with one attached hydrogen (secondary N) is 1. The molecule has 0 bridgehead atoms. The molecule has 0 radical (unpaired) electrons. The number of amides is 1. The van der Waals surface area contributed by atoms with E-state index in [1.54, 1.807) is 0 Å². The van der Waals surface area contributed by atoms with Gasteiger partial charge in [0.2, 0.25) is 5.91 Å². The van der Waals surface area contributed by atoms with Crippen LogP contribution in [0.5, 0.6) is 0 Å². The van der Waals surface area contributed by atoms with Crippen molar-refractivity contribution in [3.05, 3.63) is 35.9 Å². The van der Waals surface area contributed by atoms with E-state index in [1.165, 1.54) is 24.8 Å². The number of ether oxygens (including phenoxy) is 1. The van der Waals surface area contributed by atoms with E-state index < -0.39 is 0 Å². The number of Topliss-reactive ketones (excluding diaryl/α,β-unsaturated/α-hetero) is 1. The molecule has 3 aliphatic carbocycles. The minimum Gasteiger partial charge on any atom is -0.371 e. The van der Waals surface area contributed by atoms with E-state index in [4.69, 9.17) is 4.74 Å². The maximum Gasteiger partial charge on any atom is 0.223 e. The van der Waals surface area contributed by atoms with Gasteiger partial charge >= 0.3 is 0 Å². The third-order valence-corrected chi connectivity index (χ3v) is 6.07. The van der Waals surface area contributed by atoms with Gasteiger partial charge in [-0.1, -0.05) is 36.8 Å². The van der Waals surface area contributed by atoms with E-state index in [2.05, 4.69) is 17.4 Å². The Balaban J connectivity index is 1.37. The van der Waals surface area contributed by atoms with Gasteiger partial charge in [0.05, 0.1) is 18.8 Å². The summed E-state index contributed by atoms with van der Waals surface area (Å²) >= 11 is 0. The Kier molecular flexibility index (Phi) is 4.40. The van der Waals surface area contributed by atoms with Gasteiger partial charge in [0.1, 0.15) is 5.78 Å². The lowest BCUT2D eigenvalue weighted by atomic mass is 9.68. The maximum atomic E-state index is 12.5. The fourth-order valence-electron chi connectivity index (χ4n) is 4.74. The van der Waals surface area contributed by atoms with Crippen molar-refractivity contribution < 1.29 is 14.3 Å². The molecular formula is C20H25NO3. The van der Waals surface area contributed by atoms with Gasteiger partial charge < -0.3 is 10.1 Å². The Morgan fingerprint density at radius 2 is 1.92 bits per heavy atom. The van der Waals surface area contributed by atoms with Gasteiger partial charge in [0, 0.05) is 18.8 Å². The first-order valence-corrected chi connectivity index (χ1v) is 9.20. The first kappa shape index (κ1) is 15.8. The highest BCUT2D eigenvalue weighted by molar-refractivity contribution is 5.90. The second-order valence-corrected chi connectivity index (χ2v) is 7.53. The smallest absolute Gasteiger partial charge is 0.223 e. The molecule has 0 saturated heterocycles. The molecule has 1 unspecified atom stereocenters. The largest absolute Gasteiger partial charge is 0.371 e. The molecule has 1 aromatic rings. The van der Waals surface area contributed by atoms with E-state index in [9.17, 15) is 9.59 Å². The average molecular weight is 327 g/mol. The Labute approximate surface area is 143 Å². The Bertz CT molecular complexity index is 615. The standard InChI is InChI=1S/C20H25NO3/c22-15-10-9-14(11-15)20(23)21-18-16-7-4-8-17(16)19(18)24-12-13-5-2-1-3-6-13/h1-3,5-6,14,16-19H,4,7-12H2,(H,21,23)/t14?,16-,17+,18-,19+/m0/s1. The third-order valence-electron chi connectivity index (χ3n) is 6.07. The SMILES string of the molecule is O=C1CCC(C(=O)N[C@H]2[C@H]3CCC[C@H]3[C@H]2OCc2ccccc2)C1. The Hall–Kier alpha value is -1.68. The number of fused-ring (bicyclic) bond motifs is 1. The van der Waals surface area contributed by atoms with Crippen LogP contribution in [0.4, 0.5) is 0 Å². The second kappa shape index (κ2) is 6.67. The zero-order valence-corrected chi connectivity index (χ0v) is 13.9. The third kappa shape index (κ3) is 3.00. The molecule has 0 heterocycles. The van der Waals surface area contributed by atoms with Gasteiger partial charge in [-0.2, -0.15) is 0 Å². The van der Waals surface area contributed by atoms with Crippen LogP contribution in [0.25, 0.3) is 0 Å². The topological polar surface area (TPSA) is 55.4 Å². The van der Waals surface area contributed by atoms with Gasteiger partial charge in [0.15, 0.2) is 0 Å². The summed E-state index contributed by atoms with van der Waals surface area (Å²) in [5, 5.41) is 3.22. The van der Waals surface area contributed by atoms with Crippen LogP contribution in [-0.2, 0) is 20.9 Å². The van der Waals surface area contributed by atoms with E-state index in [1.807, 2.05) is 18.2 Å². The van der Waals surface area contributed by atoms with Crippen molar-refractivity contribution in [2.24, 2.45) is 17.8 Å². The first-order valence-electron chi connectivity index (χ1n) is 9.20. The lowest BCUT2D eigenvalue weighted by Crippen LogP contribution is -2.63. The molecular weight excluding hydrogens is 302 g/mol. The van der Waals surface area contributed by atoms with Crippen LogP contribution in [0.1, 0.15) is 44.1 Å². The minimum absolute atomic E-state index is 0.0597. The number of carbonyl (C=O) groups excluding carboxylic acids is 2. The molecule has 1 amide bonds. The van der Waals surface area contributed by atoms with Crippen molar-refractivity contribution in [2.45, 2.75) is 57.3 Å². The molecule has 0 aliphatic heterocycles. The summed E-state index contributed by atoms with van der Waals surface area (Å²) < 4.78 is 6.19. The van der Waals surface area contributed by atoms with Crippen LogP contribution < -0.4 is 5.32 Å². The molecule has 4 rings (SSSR count). The zero-order valence-electron chi connectivity index (χ0n) is 13.9. The number of carbonyl (C=O) groups is 2. The second-order valence-electron chi connectivity index (χ2n) is 7.53. The highest BCUT2D eigenvalue weighted by Gasteiger charge is 2.54. The van der Waals surface area contributed by atoms with Crippen molar-refractivity contribution in [3.63, 3.8) is 0 Å². The summed E-state index contributed by atoms with van der Waals surface area (Å²) in [5.41, 5.74) is 1.17. The molecule has 0 aromatic heterocycles. The highest BCUT2D eigenvalue weighted by atomic mass is 16.5. The normalized spacial score (nSPS) is 34.7. The summed E-state index contributed by atoms with van der Waals surface area (Å²) in [4.78, 5) is 23.9. The number of benzene rings is 1. The number of hydrogen-bond donors (Lipinski definition) is 1. The van der Waals surface area contributed by atoms with Crippen LogP contribution >= 0.6 is 0 Å². The summed E-state index contributed by atoms with van der Waals surface area (Å²) in [6, 6.07) is 10.3. The fraction of sp³-hybridized carbons (Fsp3) is 0.600. The van der Waals surface area contributed by atoms with Gasteiger partial charge in [-0.25, -0.2) is 0 Å². The Morgan fingerprint density at radius 3 is 2.67 bits per heavy atom. The predicted octanol–water partition coefficient (Wildman–Crippen LogP) is 2.86. The van der Waals surface area contributed by atoms with Crippen molar-refractivity contribution in [3.8, 4) is 0 Å². The van der Waals surface area contributed by atoms with Gasteiger partial charge in [-0.05, 0) is 36.7 Å². The lowest BCUT2D eigenvalue weighted by molar-refractivity contribution is -0.140. The van der Waals surface area contributed by atoms with Crippen LogP contribution in [-0.4, -0.2) is 23.8 Å². The summed E-state index contributed by atoms with van der Waals surface area (Å²) in [6.45, 7) is 0.600. The predicted molar refractivity (Wildman–Crippen MR) is 90.1 cm³/mol. The van der Waals surface area contributed by atoms with E-state index >= 15 is 0 Å². The molecule has 128 valence electrons. The van der Waals surface area contributed by atoms with Crippen molar-refractivity contribution in [1.82, 2.24) is 5.32 Å². The van der Waals surface area contributed by atoms with E-state index in [0.717, 1.165) is 0 Å². The maximum absolute atomic E-state index is 12.5. The van der Waals surface area contributed by atoms with Crippen molar-refractivity contribution in [2.75, 3.05) is 0 Å². The van der Waals surface area contributed by atoms with Crippen molar-refractivity contribution in [1.29, 1.82) is 0 Å². The van der Waals surface area contributed by atoms with Crippen LogP contribution in [0, 0.1) is 17.8 Å². The summed E-state index contributed by atoms with van der Waals surface area (Å²) in [7, 11) is 0.